The van der Waals surface area contributed by atoms with Crippen molar-refractivity contribution in [1.29, 1.82) is 0 Å². The number of amides is 1. The summed E-state index contributed by atoms with van der Waals surface area (Å²) in [7, 11) is 0. The van der Waals surface area contributed by atoms with Gasteiger partial charge in [-0.1, -0.05) is 72.8 Å². The van der Waals surface area contributed by atoms with Crippen LogP contribution in [-0.4, -0.2) is 12.2 Å². The summed E-state index contributed by atoms with van der Waals surface area (Å²) in [5, 5.41) is 5.37. The highest BCUT2D eigenvalue weighted by Crippen LogP contribution is 2.48. The van der Waals surface area contributed by atoms with E-state index in [2.05, 4.69) is 47.8 Å². The maximum atomic E-state index is 12.6. The van der Waals surface area contributed by atoms with Crippen LogP contribution < -0.4 is 5.32 Å². The fourth-order valence-electron chi connectivity index (χ4n) is 4.15. The van der Waals surface area contributed by atoms with E-state index in [0.29, 0.717) is 18.4 Å². The van der Waals surface area contributed by atoms with Gasteiger partial charge in [-0.15, -0.1) is 0 Å². The van der Waals surface area contributed by atoms with Gasteiger partial charge in [0.15, 0.2) is 0 Å². The molecule has 0 saturated heterocycles. The first-order valence-corrected chi connectivity index (χ1v) is 9.74. The average Bonchev–Trinajstić information content (AvgIpc) is 3.10. The first-order chi connectivity index (χ1) is 14.2. The van der Waals surface area contributed by atoms with Gasteiger partial charge < -0.3 is 5.32 Å². The lowest BCUT2D eigenvalue weighted by molar-refractivity contribution is -0.116. The maximum Gasteiger partial charge on any atom is 0.224 e. The van der Waals surface area contributed by atoms with Gasteiger partial charge in [0.25, 0.3) is 0 Å². The van der Waals surface area contributed by atoms with E-state index in [4.69, 9.17) is 0 Å². The smallest absolute Gasteiger partial charge is 0.224 e. The highest BCUT2D eigenvalue weighted by Gasteiger charge is 2.22. The molecule has 0 fully saturated rings. The summed E-state index contributed by atoms with van der Waals surface area (Å²) in [4.78, 5) is 23.3. The Balaban J connectivity index is 1.39. The third kappa shape index (κ3) is 3.01. The Kier molecular flexibility index (Phi) is 4.21. The summed E-state index contributed by atoms with van der Waals surface area (Å²) >= 11 is 0. The fourth-order valence-corrected chi connectivity index (χ4v) is 4.15. The zero-order valence-electron chi connectivity index (χ0n) is 15.8. The van der Waals surface area contributed by atoms with Gasteiger partial charge in [-0.2, -0.15) is 0 Å². The van der Waals surface area contributed by atoms with Crippen LogP contribution >= 0.6 is 0 Å². The molecule has 0 spiro atoms. The highest BCUT2D eigenvalue weighted by atomic mass is 16.1. The summed E-state index contributed by atoms with van der Waals surface area (Å²) in [5.74, 6) is -0.0133. The van der Waals surface area contributed by atoms with E-state index in [1.54, 1.807) is 12.1 Å². The molecule has 29 heavy (non-hydrogen) atoms. The van der Waals surface area contributed by atoms with E-state index in [1.807, 2.05) is 24.3 Å². The molecule has 1 aliphatic rings. The van der Waals surface area contributed by atoms with Gasteiger partial charge >= 0.3 is 0 Å². The monoisotopic (exact) mass is 377 g/mol. The fraction of sp³-hybridized carbons (Fsp3) is 0.0769. The first-order valence-electron chi connectivity index (χ1n) is 9.74. The van der Waals surface area contributed by atoms with Crippen LogP contribution in [0.5, 0.6) is 0 Å². The molecule has 0 radical (unpaired) electrons. The van der Waals surface area contributed by atoms with Crippen molar-refractivity contribution >= 4 is 28.7 Å². The Morgan fingerprint density at radius 3 is 2.17 bits per heavy atom. The van der Waals surface area contributed by atoms with E-state index in [1.165, 1.54) is 27.6 Å². The Morgan fingerprint density at radius 2 is 1.45 bits per heavy atom. The van der Waals surface area contributed by atoms with Crippen LogP contribution in [0.25, 0.3) is 33.0 Å². The number of hydrogen-bond acceptors (Lipinski definition) is 2. The molecule has 0 aromatic heterocycles. The molecule has 1 N–H and O–H groups in total. The zero-order chi connectivity index (χ0) is 19.8. The van der Waals surface area contributed by atoms with Gasteiger partial charge in [-0.05, 0) is 45.7 Å². The summed E-state index contributed by atoms with van der Waals surface area (Å²) < 4.78 is 0. The van der Waals surface area contributed by atoms with Crippen LogP contribution in [0.15, 0.2) is 78.9 Å². The predicted molar refractivity (Wildman–Crippen MR) is 117 cm³/mol. The number of rotatable bonds is 5. The number of anilines is 1. The average molecular weight is 377 g/mol. The second-order valence-corrected chi connectivity index (χ2v) is 7.34. The lowest BCUT2D eigenvalue weighted by Crippen LogP contribution is -2.12. The summed E-state index contributed by atoms with van der Waals surface area (Å²) in [6.07, 6.45) is 1.85. The summed E-state index contributed by atoms with van der Waals surface area (Å²) in [5.41, 5.74) is 7.47. The van der Waals surface area contributed by atoms with Gasteiger partial charge in [0, 0.05) is 23.1 Å². The van der Waals surface area contributed by atoms with Crippen LogP contribution in [0.3, 0.4) is 0 Å². The molecule has 0 atom stereocenters. The molecule has 0 unspecified atom stereocenters. The van der Waals surface area contributed by atoms with E-state index < -0.39 is 0 Å². The summed E-state index contributed by atoms with van der Waals surface area (Å²) in [6.45, 7) is 0. The van der Waals surface area contributed by atoms with Crippen LogP contribution in [-0.2, 0) is 11.2 Å². The maximum absolute atomic E-state index is 12.6. The number of nitrogens with one attached hydrogen (secondary N) is 1. The largest absolute Gasteiger partial charge is 0.326 e. The third-order valence-corrected chi connectivity index (χ3v) is 5.58. The van der Waals surface area contributed by atoms with E-state index in [0.717, 1.165) is 22.9 Å². The normalized spacial score (nSPS) is 11.3. The van der Waals surface area contributed by atoms with Gasteiger partial charge in [0.1, 0.15) is 6.29 Å². The Bertz CT molecular complexity index is 1230. The number of carbonyl (C=O) groups is 2. The predicted octanol–water partition coefficient (Wildman–Crippen LogP) is 5.87. The van der Waals surface area contributed by atoms with Crippen LogP contribution in [0.4, 0.5) is 5.69 Å². The minimum atomic E-state index is -0.0133. The van der Waals surface area contributed by atoms with Crippen molar-refractivity contribution in [1.82, 2.24) is 0 Å². The molecule has 5 rings (SSSR count). The van der Waals surface area contributed by atoms with Gasteiger partial charge in [-0.25, -0.2) is 0 Å². The molecule has 1 amide bonds. The van der Waals surface area contributed by atoms with Crippen molar-refractivity contribution in [3.05, 3.63) is 90.0 Å². The molecule has 3 nitrogen and oxygen atoms in total. The third-order valence-electron chi connectivity index (χ3n) is 5.58. The molecule has 0 bridgehead atoms. The number of aldehydes is 1. The zero-order valence-corrected chi connectivity index (χ0v) is 15.8. The van der Waals surface area contributed by atoms with E-state index in [9.17, 15) is 9.59 Å². The standard InChI is InChI=1S/C26H19NO2/c28-16-18-10-8-17(9-11-18)12-15-25(29)27-24-14-13-22-20-5-2-1-4-19(20)21-6-3-7-23(24)26(21)22/h1-11,13-14,16H,12,15H2,(H,27,29). The van der Waals surface area contributed by atoms with Crippen molar-refractivity contribution in [3.8, 4) is 22.3 Å². The van der Waals surface area contributed by atoms with E-state index in [-0.39, 0.29) is 5.91 Å². The lowest BCUT2D eigenvalue weighted by atomic mass is 10.0. The molecule has 0 saturated carbocycles. The molecule has 4 aromatic rings. The Hall–Kier alpha value is -3.72. The molecule has 0 aliphatic heterocycles. The minimum absolute atomic E-state index is 0.0133. The number of carbonyl (C=O) groups excluding carboxylic acids is 2. The van der Waals surface area contributed by atoms with Crippen molar-refractivity contribution in [2.24, 2.45) is 0 Å². The topological polar surface area (TPSA) is 46.2 Å². The number of benzene rings is 4. The SMILES string of the molecule is O=Cc1ccc(CCC(=O)Nc2ccc3c4c(cccc24)-c2ccccc2-3)cc1. The molecular formula is C26H19NO2. The molecule has 1 aliphatic carbocycles. The quantitative estimate of drug-likeness (QED) is 0.389. The first kappa shape index (κ1) is 17.4. The van der Waals surface area contributed by atoms with Gasteiger partial charge in [-0.3, -0.25) is 9.59 Å². The van der Waals surface area contributed by atoms with Crippen LogP contribution in [0, 0.1) is 0 Å². The van der Waals surface area contributed by atoms with Crippen molar-refractivity contribution < 1.29 is 9.59 Å². The summed E-state index contributed by atoms with van der Waals surface area (Å²) in [6, 6.07) is 26.1. The van der Waals surface area contributed by atoms with Crippen molar-refractivity contribution in [2.75, 3.05) is 5.32 Å². The number of hydrogen-bond donors (Lipinski definition) is 1. The second kappa shape index (κ2) is 7.02. The van der Waals surface area contributed by atoms with Crippen LogP contribution in [0.1, 0.15) is 22.3 Å². The van der Waals surface area contributed by atoms with Crippen molar-refractivity contribution in [3.63, 3.8) is 0 Å². The highest BCUT2D eigenvalue weighted by molar-refractivity contribution is 6.19. The number of fused-ring (bicyclic) bond motifs is 3. The minimum Gasteiger partial charge on any atom is -0.326 e. The van der Waals surface area contributed by atoms with Crippen LogP contribution in [0.2, 0.25) is 0 Å². The molecule has 0 heterocycles. The molecular weight excluding hydrogens is 358 g/mol. The molecule has 140 valence electrons. The Morgan fingerprint density at radius 1 is 0.759 bits per heavy atom. The Labute approximate surface area is 169 Å². The molecule has 3 heteroatoms. The van der Waals surface area contributed by atoms with E-state index >= 15 is 0 Å². The number of aryl methyl sites for hydroxylation is 1. The molecule has 4 aromatic carbocycles. The van der Waals surface area contributed by atoms with Gasteiger partial charge in [0.2, 0.25) is 5.91 Å². The van der Waals surface area contributed by atoms with Crippen molar-refractivity contribution in [2.45, 2.75) is 12.8 Å². The van der Waals surface area contributed by atoms with Gasteiger partial charge in [0.05, 0.1) is 0 Å². The second-order valence-electron chi connectivity index (χ2n) is 7.34. The lowest BCUT2D eigenvalue weighted by Gasteiger charge is -2.11.